The Bertz CT molecular complexity index is 1100. The smallest absolute Gasteiger partial charge is 0.220 e. The fraction of sp³-hybridized carbons (Fsp3) is 0.984. The van der Waals surface area contributed by atoms with E-state index in [0.717, 1.165) is 38.5 Å². The van der Waals surface area contributed by atoms with Crippen LogP contribution in [0.4, 0.5) is 0 Å². The number of aliphatic hydroxyl groups is 5. The number of ether oxygens (including phenoxy) is 2. The van der Waals surface area contributed by atoms with Crippen molar-refractivity contribution in [1.82, 2.24) is 5.32 Å². The molecular weight excluding hydrogens is 899 g/mol. The molecule has 1 rings (SSSR count). The number of nitrogens with one attached hydrogen (secondary N) is 1. The van der Waals surface area contributed by atoms with Crippen molar-refractivity contribution in [2.45, 2.75) is 384 Å². The van der Waals surface area contributed by atoms with Crippen LogP contribution in [0.15, 0.2) is 0 Å². The van der Waals surface area contributed by atoms with Crippen LogP contribution in [0.2, 0.25) is 0 Å². The van der Waals surface area contributed by atoms with Gasteiger partial charge in [0.2, 0.25) is 5.91 Å². The van der Waals surface area contributed by atoms with Gasteiger partial charge < -0.3 is 40.3 Å². The van der Waals surface area contributed by atoms with Crippen molar-refractivity contribution in [3.8, 4) is 0 Å². The molecule has 7 atom stereocenters. The van der Waals surface area contributed by atoms with Gasteiger partial charge in [0.1, 0.15) is 24.4 Å². The summed E-state index contributed by atoms with van der Waals surface area (Å²) in [7, 11) is 0. The third kappa shape index (κ3) is 42.3. The summed E-state index contributed by atoms with van der Waals surface area (Å²) < 4.78 is 11.3. The van der Waals surface area contributed by atoms with Crippen LogP contribution in [-0.4, -0.2) is 87.5 Å². The molecule has 72 heavy (non-hydrogen) atoms. The molecule has 1 aliphatic rings. The van der Waals surface area contributed by atoms with Gasteiger partial charge in [-0.1, -0.05) is 322 Å². The highest BCUT2D eigenvalue weighted by molar-refractivity contribution is 5.76. The summed E-state index contributed by atoms with van der Waals surface area (Å²) in [5, 5.41) is 54.3. The number of unbranched alkanes of at least 4 members (excludes halogenated alkanes) is 47. The summed E-state index contributed by atoms with van der Waals surface area (Å²) in [6.07, 6.45) is 59.4. The minimum Gasteiger partial charge on any atom is -0.394 e. The molecule has 9 nitrogen and oxygen atoms in total. The van der Waals surface area contributed by atoms with Gasteiger partial charge in [-0.05, 0) is 12.8 Å². The van der Waals surface area contributed by atoms with Gasteiger partial charge in [-0.2, -0.15) is 0 Å². The van der Waals surface area contributed by atoms with Gasteiger partial charge in [0.25, 0.3) is 0 Å². The summed E-state index contributed by atoms with van der Waals surface area (Å²) in [4.78, 5) is 13.0. The topological polar surface area (TPSA) is 149 Å². The number of rotatable bonds is 57. The molecule has 9 heteroatoms. The summed E-state index contributed by atoms with van der Waals surface area (Å²) in [6, 6.07) is -0.711. The van der Waals surface area contributed by atoms with Crippen LogP contribution in [0.5, 0.6) is 0 Å². The predicted molar refractivity (Wildman–Crippen MR) is 304 cm³/mol. The van der Waals surface area contributed by atoms with E-state index < -0.39 is 49.5 Å². The standard InChI is InChI=1S/C63H125NO8/c1-3-5-7-9-11-13-14-15-16-17-18-19-20-21-22-23-24-25-26-27-28-29-30-31-32-33-34-35-36-37-38-39-40-41-42-43-44-45-47-49-51-53-59(67)64-56(57(66)52-50-48-46-12-10-8-6-4-2)55-71-63-62(70)61(69)60(68)58(54-65)72-63/h56-58,60-63,65-66,68-70H,3-55H2,1-2H3,(H,64,67). The van der Waals surface area contributed by atoms with E-state index in [4.69, 9.17) is 9.47 Å². The van der Waals surface area contributed by atoms with Crippen molar-refractivity contribution in [3.63, 3.8) is 0 Å². The Labute approximate surface area is 446 Å². The van der Waals surface area contributed by atoms with Crippen LogP contribution in [0.25, 0.3) is 0 Å². The zero-order valence-corrected chi connectivity index (χ0v) is 48.0. The van der Waals surface area contributed by atoms with Crippen molar-refractivity contribution in [3.05, 3.63) is 0 Å². The van der Waals surface area contributed by atoms with E-state index >= 15 is 0 Å². The molecule has 0 spiro atoms. The minimum absolute atomic E-state index is 0.133. The highest BCUT2D eigenvalue weighted by Gasteiger charge is 2.44. The second-order valence-corrected chi connectivity index (χ2v) is 22.9. The maximum Gasteiger partial charge on any atom is 0.220 e. The molecule has 1 aliphatic heterocycles. The molecule has 0 saturated carbocycles. The lowest BCUT2D eigenvalue weighted by Crippen LogP contribution is -2.60. The number of aliphatic hydroxyl groups excluding tert-OH is 5. The average molecular weight is 1020 g/mol. The van der Waals surface area contributed by atoms with Gasteiger partial charge in [0.05, 0.1) is 25.4 Å². The van der Waals surface area contributed by atoms with Gasteiger partial charge in [-0.15, -0.1) is 0 Å². The van der Waals surface area contributed by atoms with E-state index in [0.29, 0.717) is 12.8 Å². The molecule has 1 heterocycles. The number of hydrogen-bond donors (Lipinski definition) is 6. The monoisotopic (exact) mass is 1020 g/mol. The Morgan fingerprint density at radius 3 is 0.986 bits per heavy atom. The Balaban J connectivity index is 1.92. The Kier molecular flexibility index (Phi) is 51.5. The van der Waals surface area contributed by atoms with E-state index in [-0.39, 0.29) is 12.5 Å². The van der Waals surface area contributed by atoms with Gasteiger partial charge >= 0.3 is 0 Å². The molecule has 0 aromatic carbocycles. The van der Waals surface area contributed by atoms with Crippen molar-refractivity contribution < 1.29 is 39.8 Å². The number of amides is 1. The molecule has 1 fully saturated rings. The van der Waals surface area contributed by atoms with Gasteiger partial charge in [0.15, 0.2) is 6.29 Å². The first kappa shape index (κ1) is 69.2. The van der Waals surface area contributed by atoms with Crippen LogP contribution >= 0.6 is 0 Å². The van der Waals surface area contributed by atoms with Crippen molar-refractivity contribution in [2.24, 2.45) is 0 Å². The Morgan fingerprint density at radius 2 is 0.694 bits per heavy atom. The maximum absolute atomic E-state index is 13.0. The van der Waals surface area contributed by atoms with E-state index in [2.05, 4.69) is 19.2 Å². The van der Waals surface area contributed by atoms with Crippen molar-refractivity contribution in [2.75, 3.05) is 13.2 Å². The Morgan fingerprint density at radius 1 is 0.417 bits per heavy atom. The molecule has 1 saturated heterocycles. The van der Waals surface area contributed by atoms with Crippen molar-refractivity contribution >= 4 is 5.91 Å². The third-order valence-corrected chi connectivity index (χ3v) is 16.0. The zero-order valence-electron chi connectivity index (χ0n) is 48.0. The highest BCUT2D eigenvalue weighted by atomic mass is 16.7. The highest BCUT2D eigenvalue weighted by Crippen LogP contribution is 2.24. The molecule has 6 N–H and O–H groups in total. The van der Waals surface area contributed by atoms with Crippen LogP contribution < -0.4 is 5.32 Å². The van der Waals surface area contributed by atoms with Gasteiger partial charge in [-0.25, -0.2) is 0 Å². The zero-order chi connectivity index (χ0) is 52.2. The van der Waals surface area contributed by atoms with E-state index in [9.17, 15) is 30.3 Å². The lowest BCUT2D eigenvalue weighted by Gasteiger charge is -2.40. The molecule has 0 aromatic rings. The molecule has 0 radical (unpaired) electrons. The van der Waals surface area contributed by atoms with E-state index in [1.807, 2.05) is 0 Å². The van der Waals surface area contributed by atoms with Gasteiger partial charge in [0, 0.05) is 6.42 Å². The third-order valence-electron chi connectivity index (χ3n) is 16.0. The first-order valence-corrected chi connectivity index (χ1v) is 32.2. The molecule has 0 bridgehead atoms. The quantitative estimate of drug-likeness (QED) is 0.0330. The normalized spacial score (nSPS) is 19.0. The molecule has 1 amide bonds. The predicted octanol–water partition coefficient (Wildman–Crippen LogP) is 16.6. The summed E-state index contributed by atoms with van der Waals surface area (Å²) in [5.74, 6) is -0.140. The fourth-order valence-corrected chi connectivity index (χ4v) is 10.9. The summed E-state index contributed by atoms with van der Waals surface area (Å²) in [5.41, 5.74) is 0. The lowest BCUT2D eigenvalue weighted by atomic mass is 9.99. The molecule has 0 aliphatic carbocycles. The fourth-order valence-electron chi connectivity index (χ4n) is 10.9. The van der Waals surface area contributed by atoms with Crippen LogP contribution in [0.3, 0.4) is 0 Å². The second-order valence-electron chi connectivity index (χ2n) is 22.9. The SMILES string of the molecule is CCCCCCCCCCCCCCCCCCCCCCCCCCCCCCCCCCCCCCCCCCCC(=O)NC(COC1OC(CO)C(O)C(O)C1O)C(O)CCCCCCCCCC. The largest absolute Gasteiger partial charge is 0.394 e. The first-order chi connectivity index (χ1) is 35.3. The lowest BCUT2D eigenvalue weighted by molar-refractivity contribution is -0.302. The maximum atomic E-state index is 13.0. The Hall–Kier alpha value is -0.810. The molecule has 7 unspecified atom stereocenters. The molecule has 0 aromatic heterocycles. The molecular formula is C63H125NO8. The average Bonchev–Trinajstić information content (AvgIpc) is 3.38. The van der Waals surface area contributed by atoms with Crippen molar-refractivity contribution in [1.29, 1.82) is 0 Å². The number of hydrogen-bond acceptors (Lipinski definition) is 8. The second kappa shape index (κ2) is 53.6. The number of carbonyl (C=O) groups excluding carboxylic acids is 1. The summed E-state index contributed by atoms with van der Waals surface area (Å²) in [6.45, 7) is 3.84. The van der Waals surface area contributed by atoms with Gasteiger partial charge in [-0.3, -0.25) is 4.79 Å². The number of carbonyl (C=O) groups is 1. The minimum atomic E-state index is -1.55. The van der Waals surface area contributed by atoms with Crippen LogP contribution in [-0.2, 0) is 14.3 Å². The van der Waals surface area contributed by atoms with E-state index in [1.165, 1.54) is 276 Å². The van der Waals surface area contributed by atoms with Crippen LogP contribution in [0.1, 0.15) is 341 Å². The molecule has 430 valence electrons. The first-order valence-electron chi connectivity index (χ1n) is 32.2. The van der Waals surface area contributed by atoms with Crippen LogP contribution in [0, 0.1) is 0 Å². The van der Waals surface area contributed by atoms with E-state index in [1.54, 1.807) is 0 Å². The summed E-state index contributed by atoms with van der Waals surface area (Å²) >= 11 is 0.